The number of thiocarbonyl (C=S) groups is 1. The number of hydrogen-bond donors (Lipinski definition) is 2. The average Bonchev–Trinajstić information content (AvgIpc) is 2.50. The zero-order valence-corrected chi connectivity index (χ0v) is 17.6. The van der Waals surface area contributed by atoms with E-state index in [-0.39, 0.29) is 8.80 Å². The highest BCUT2D eigenvalue weighted by Crippen LogP contribution is 2.21. The maximum atomic E-state index is 9.09. The van der Waals surface area contributed by atoms with Gasteiger partial charge in [0, 0.05) is 13.1 Å². The second-order valence-electron chi connectivity index (χ2n) is 5.01. The molecule has 1 aliphatic rings. The van der Waals surface area contributed by atoms with E-state index >= 15 is 0 Å². The second-order valence-corrected chi connectivity index (χ2v) is 8.71. The Morgan fingerprint density at radius 3 is 2.13 bits per heavy atom. The fourth-order valence-corrected chi connectivity index (χ4v) is 5.10. The second kappa shape index (κ2) is 17.8. The lowest BCUT2D eigenvalue weighted by molar-refractivity contribution is 0.264. The van der Waals surface area contributed by atoms with Crippen molar-refractivity contribution in [1.29, 1.82) is 0 Å². The molecule has 135 valence electrons. The van der Waals surface area contributed by atoms with E-state index in [2.05, 4.69) is 44.9 Å². The molecule has 1 radical (unpaired) electrons. The predicted molar refractivity (Wildman–Crippen MR) is 110 cm³/mol. The maximum absolute atomic E-state index is 9.09. The maximum Gasteiger partial charge on any atom is 0.273 e. The van der Waals surface area contributed by atoms with Crippen molar-refractivity contribution in [3.8, 4) is 0 Å². The highest BCUT2D eigenvalue weighted by molar-refractivity contribution is 7.96. The minimum atomic E-state index is -0.639. The van der Waals surface area contributed by atoms with Gasteiger partial charge in [-0.1, -0.05) is 50.1 Å². The molecular weight excluding hydrogens is 344 g/mol. The van der Waals surface area contributed by atoms with E-state index in [1.54, 1.807) is 12.1 Å². The minimum absolute atomic E-state index is 0.0829. The molecule has 4 nitrogen and oxygen atoms in total. The molecule has 0 aromatic carbocycles. The SMILES string of the molecule is C=CC[Si]1CCCCC1.CCOC(=S)N(CC)CC.NC(=O)S. The summed E-state index contributed by atoms with van der Waals surface area (Å²) in [6.07, 6.45) is 6.61. The molecule has 7 heteroatoms. The van der Waals surface area contributed by atoms with Crippen LogP contribution < -0.4 is 5.73 Å². The van der Waals surface area contributed by atoms with E-state index in [0.717, 1.165) is 13.1 Å². The van der Waals surface area contributed by atoms with Crippen LogP contribution >= 0.6 is 24.8 Å². The molecule has 1 amide bonds. The number of carbonyl (C=O) groups excluding carboxylic acids is 1. The van der Waals surface area contributed by atoms with Crippen molar-refractivity contribution in [2.45, 2.75) is 58.2 Å². The molecule has 1 heterocycles. The van der Waals surface area contributed by atoms with E-state index in [9.17, 15) is 0 Å². The number of rotatable bonds is 5. The first-order valence-corrected chi connectivity index (χ1v) is 11.2. The number of ether oxygens (including phenoxy) is 1. The van der Waals surface area contributed by atoms with Gasteiger partial charge in [0.25, 0.3) is 10.4 Å². The summed E-state index contributed by atoms with van der Waals surface area (Å²) in [5.41, 5.74) is 4.34. The molecule has 0 spiro atoms. The van der Waals surface area contributed by atoms with Crippen molar-refractivity contribution in [3.05, 3.63) is 12.7 Å². The monoisotopic (exact) mass is 377 g/mol. The van der Waals surface area contributed by atoms with Gasteiger partial charge in [-0.2, -0.15) is 0 Å². The van der Waals surface area contributed by atoms with Gasteiger partial charge in [0.05, 0.1) is 15.4 Å². The van der Waals surface area contributed by atoms with Gasteiger partial charge < -0.3 is 15.4 Å². The zero-order valence-electron chi connectivity index (χ0n) is 14.8. The van der Waals surface area contributed by atoms with Crippen LogP contribution in [0.25, 0.3) is 0 Å². The molecular formula is C16H33N2O2S2Si. The summed E-state index contributed by atoms with van der Waals surface area (Å²) in [5.74, 6) is 0. The summed E-state index contributed by atoms with van der Waals surface area (Å²) in [7, 11) is 0.0829. The number of primary amides is 1. The largest absolute Gasteiger partial charge is 0.471 e. The van der Waals surface area contributed by atoms with Crippen LogP contribution in [0.3, 0.4) is 0 Å². The summed E-state index contributed by atoms with van der Waals surface area (Å²) in [4.78, 5) is 11.1. The Hall–Kier alpha value is -0.533. The lowest BCUT2D eigenvalue weighted by atomic mass is 10.3. The van der Waals surface area contributed by atoms with E-state index < -0.39 is 5.24 Å². The molecule has 0 unspecified atom stereocenters. The van der Waals surface area contributed by atoms with Gasteiger partial charge in [-0.25, -0.2) is 0 Å². The third-order valence-corrected chi connectivity index (χ3v) is 6.65. The molecule has 0 saturated carbocycles. The number of thiol groups is 1. The van der Waals surface area contributed by atoms with Gasteiger partial charge in [-0.05, 0) is 39.0 Å². The molecule has 0 aromatic rings. The summed E-state index contributed by atoms with van der Waals surface area (Å²) in [5, 5.41) is -0.0208. The van der Waals surface area contributed by atoms with Crippen molar-refractivity contribution < 1.29 is 9.53 Å². The van der Waals surface area contributed by atoms with E-state index in [4.69, 9.17) is 21.7 Å². The first kappa shape index (κ1) is 24.7. The predicted octanol–water partition coefficient (Wildman–Crippen LogP) is 4.50. The Labute approximate surface area is 154 Å². The van der Waals surface area contributed by atoms with Crippen LogP contribution in [0.4, 0.5) is 4.79 Å². The summed E-state index contributed by atoms with van der Waals surface area (Å²) in [6.45, 7) is 12.4. The number of nitrogens with zero attached hydrogens (tertiary/aromatic N) is 1. The Morgan fingerprint density at radius 1 is 1.30 bits per heavy atom. The molecule has 1 aliphatic heterocycles. The van der Waals surface area contributed by atoms with Gasteiger partial charge in [-0.3, -0.25) is 4.79 Å². The van der Waals surface area contributed by atoms with Gasteiger partial charge in [0.2, 0.25) is 0 Å². The number of allylic oxidation sites excluding steroid dienone is 1. The summed E-state index contributed by atoms with van der Waals surface area (Å²) < 4.78 is 5.14. The minimum Gasteiger partial charge on any atom is -0.471 e. The molecule has 1 rings (SSSR count). The highest BCUT2D eigenvalue weighted by Gasteiger charge is 2.12. The van der Waals surface area contributed by atoms with Crippen LogP contribution in [-0.4, -0.2) is 43.8 Å². The van der Waals surface area contributed by atoms with Crippen LogP contribution in [0.5, 0.6) is 0 Å². The molecule has 2 N–H and O–H groups in total. The Balaban J connectivity index is 0. The van der Waals surface area contributed by atoms with Crippen LogP contribution in [0, 0.1) is 0 Å². The van der Waals surface area contributed by atoms with Crippen molar-refractivity contribution in [1.82, 2.24) is 4.90 Å². The number of hydrogen-bond acceptors (Lipinski definition) is 3. The lowest BCUT2D eigenvalue weighted by Crippen LogP contribution is -2.30. The Bertz CT molecular complexity index is 317. The van der Waals surface area contributed by atoms with E-state index in [1.165, 1.54) is 25.3 Å². The van der Waals surface area contributed by atoms with Crippen LogP contribution in [-0.2, 0) is 4.74 Å². The Kier molecular flexibility index (Phi) is 19.1. The summed E-state index contributed by atoms with van der Waals surface area (Å²) in [6, 6.07) is 4.46. The summed E-state index contributed by atoms with van der Waals surface area (Å²) >= 11 is 8.08. The van der Waals surface area contributed by atoms with Crippen molar-refractivity contribution in [2.24, 2.45) is 5.73 Å². The number of carbonyl (C=O) groups is 1. The van der Waals surface area contributed by atoms with Crippen LogP contribution in [0.1, 0.15) is 40.0 Å². The average molecular weight is 378 g/mol. The van der Waals surface area contributed by atoms with Crippen molar-refractivity contribution in [3.63, 3.8) is 0 Å². The molecule has 23 heavy (non-hydrogen) atoms. The topological polar surface area (TPSA) is 55.6 Å². The van der Waals surface area contributed by atoms with E-state index in [1.807, 2.05) is 11.8 Å². The van der Waals surface area contributed by atoms with Crippen molar-refractivity contribution in [2.75, 3.05) is 19.7 Å². The van der Waals surface area contributed by atoms with Crippen molar-refractivity contribution >= 4 is 44.1 Å². The normalized spacial score (nSPS) is 13.6. The fourth-order valence-electron chi connectivity index (χ4n) is 2.16. The quantitative estimate of drug-likeness (QED) is 0.321. The fraction of sp³-hybridized carbons (Fsp3) is 0.750. The van der Waals surface area contributed by atoms with Gasteiger partial charge >= 0.3 is 0 Å². The van der Waals surface area contributed by atoms with Gasteiger partial charge in [-0.15, -0.1) is 6.58 Å². The lowest BCUT2D eigenvalue weighted by Gasteiger charge is -2.20. The smallest absolute Gasteiger partial charge is 0.273 e. The standard InChI is InChI=1S/C8H15Si.C7H15NOS.CH3NOS/c1-2-6-9-7-4-3-5-8-9;1-4-8(5-2)7(10)9-6-3;2-1(3)4/h2H,1,3-8H2;4-6H2,1-3H3;(H3,2,3,4). The van der Waals surface area contributed by atoms with Crippen LogP contribution in [0.2, 0.25) is 18.1 Å². The molecule has 0 aromatic heterocycles. The highest BCUT2D eigenvalue weighted by atomic mass is 32.1. The molecule has 0 aliphatic carbocycles. The number of nitrogens with two attached hydrogens (primary N) is 1. The third-order valence-electron chi connectivity index (χ3n) is 3.28. The molecule has 0 atom stereocenters. The molecule has 1 saturated heterocycles. The zero-order chi connectivity index (χ0) is 18.1. The van der Waals surface area contributed by atoms with Gasteiger partial charge in [0.1, 0.15) is 0 Å². The third kappa shape index (κ3) is 17.7. The number of amides is 1. The molecule has 0 bridgehead atoms. The molecule has 1 fully saturated rings. The van der Waals surface area contributed by atoms with E-state index in [0.29, 0.717) is 11.8 Å². The first-order valence-electron chi connectivity index (χ1n) is 8.27. The van der Waals surface area contributed by atoms with Crippen LogP contribution in [0.15, 0.2) is 12.7 Å². The Morgan fingerprint density at radius 2 is 1.78 bits per heavy atom. The van der Waals surface area contributed by atoms with Gasteiger partial charge in [0.15, 0.2) is 0 Å². The first-order chi connectivity index (χ1) is 10.9.